The van der Waals surface area contributed by atoms with Gasteiger partial charge in [0.15, 0.2) is 9.84 Å². The van der Waals surface area contributed by atoms with E-state index in [-0.39, 0.29) is 0 Å². The largest absolute Gasteiger partial charge is 0.341 e. The van der Waals surface area contributed by atoms with E-state index in [2.05, 4.69) is 9.97 Å². The number of fused-ring (bicyclic) bond motifs is 1. The molecule has 0 aliphatic carbocycles. The number of nitrogens with zero attached hydrogens (tertiary/aromatic N) is 1. The van der Waals surface area contributed by atoms with Gasteiger partial charge in [-0.25, -0.2) is 13.4 Å². The monoisotopic (exact) mass is 253 g/mol. The Morgan fingerprint density at radius 2 is 2.18 bits per heavy atom. The van der Waals surface area contributed by atoms with Crippen LogP contribution in [-0.2, 0) is 16.4 Å². The fourth-order valence-corrected chi connectivity index (χ4v) is 2.19. The zero-order valence-electron chi connectivity index (χ0n) is 9.77. The van der Waals surface area contributed by atoms with E-state index in [1.54, 1.807) is 6.92 Å². The van der Waals surface area contributed by atoms with Gasteiger partial charge in [0.1, 0.15) is 11.1 Å². The van der Waals surface area contributed by atoms with Gasteiger partial charge in [-0.15, -0.1) is 0 Å². The van der Waals surface area contributed by atoms with Gasteiger partial charge in [-0.05, 0) is 18.6 Å². The highest BCUT2D eigenvalue weighted by Gasteiger charge is 2.21. The van der Waals surface area contributed by atoms with Crippen LogP contribution in [0.1, 0.15) is 23.6 Å². The van der Waals surface area contributed by atoms with Gasteiger partial charge < -0.3 is 10.7 Å². The van der Waals surface area contributed by atoms with Gasteiger partial charge in [0.05, 0.1) is 11.0 Å². The standard InChI is InChI=1S/C11H15N3O2S/c1-7(17(2,15)16)11-13-9-5-3-4-8(6-12)10(9)14-11/h3-5,7H,6,12H2,1-2H3,(H,13,14). The molecule has 92 valence electrons. The molecule has 1 atom stereocenters. The quantitative estimate of drug-likeness (QED) is 0.858. The predicted molar refractivity (Wildman–Crippen MR) is 67.2 cm³/mol. The smallest absolute Gasteiger partial charge is 0.157 e. The molecule has 17 heavy (non-hydrogen) atoms. The number of nitrogens with one attached hydrogen (secondary N) is 1. The minimum atomic E-state index is -3.15. The van der Waals surface area contributed by atoms with Crippen molar-refractivity contribution in [1.29, 1.82) is 0 Å². The van der Waals surface area contributed by atoms with Crippen LogP contribution in [0.5, 0.6) is 0 Å². The Bertz CT molecular complexity index is 646. The third kappa shape index (κ3) is 2.18. The fraction of sp³-hybridized carbons (Fsp3) is 0.364. The van der Waals surface area contributed by atoms with Crippen molar-refractivity contribution in [3.8, 4) is 0 Å². The van der Waals surface area contributed by atoms with Crippen molar-refractivity contribution in [2.24, 2.45) is 5.73 Å². The summed E-state index contributed by atoms with van der Waals surface area (Å²) in [6.07, 6.45) is 1.20. The number of imidazole rings is 1. The Kier molecular flexibility index (Phi) is 2.92. The molecule has 2 rings (SSSR count). The first-order chi connectivity index (χ1) is 7.93. The molecule has 0 spiro atoms. The van der Waals surface area contributed by atoms with E-state index in [9.17, 15) is 8.42 Å². The lowest BCUT2D eigenvalue weighted by Crippen LogP contribution is -2.09. The number of hydrogen-bond acceptors (Lipinski definition) is 4. The van der Waals surface area contributed by atoms with E-state index < -0.39 is 15.1 Å². The SMILES string of the molecule is CC(c1nc2c(CN)cccc2[nH]1)S(C)(=O)=O. The molecule has 0 radical (unpaired) electrons. The average molecular weight is 253 g/mol. The van der Waals surface area contributed by atoms with Crippen LogP contribution >= 0.6 is 0 Å². The lowest BCUT2D eigenvalue weighted by Gasteiger charge is -2.04. The second-order valence-corrected chi connectivity index (χ2v) is 6.48. The molecule has 0 saturated carbocycles. The first kappa shape index (κ1) is 12.1. The number of sulfone groups is 1. The van der Waals surface area contributed by atoms with Crippen LogP contribution in [0, 0.1) is 0 Å². The number of aromatic amines is 1. The van der Waals surface area contributed by atoms with Crippen LogP contribution in [0.3, 0.4) is 0 Å². The van der Waals surface area contributed by atoms with Crippen LogP contribution in [0.4, 0.5) is 0 Å². The summed E-state index contributed by atoms with van der Waals surface area (Å²) in [6, 6.07) is 5.62. The number of aromatic nitrogens is 2. The number of benzene rings is 1. The second-order valence-electron chi connectivity index (χ2n) is 4.11. The van der Waals surface area contributed by atoms with E-state index in [0.29, 0.717) is 12.4 Å². The molecular weight excluding hydrogens is 238 g/mol. The second kappa shape index (κ2) is 4.12. The number of hydrogen-bond donors (Lipinski definition) is 2. The molecule has 0 aliphatic rings. The molecule has 1 aromatic carbocycles. The number of rotatable bonds is 3. The molecule has 0 bridgehead atoms. The summed E-state index contributed by atoms with van der Waals surface area (Å²) in [5.41, 5.74) is 8.09. The molecule has 1 aromatic heterocycles. The number of para-hydroxylation sites is 1. The predicted octanol–water partition coefficient (Wildman–Crippen LogP) is 1.13. The summed E-state index contributed by atoms with van der Waals surface area (Å²) >= 11 is 0. The van der Waals surface area contributed by atoms with Crippen LogP contribution in [-0.4, -0.2) is 24.6 Å². The molecule has 6 heteroatoms. The van der Waals surface area contributed by atoms with Crippen molar-refractivity contribution >= 4 is 20.9 Å². The lowest BCUT2D eigenvalue weighted by atomic mass is 10.2. The summed E-state index contributed by atoms with van der Waals surface area (Å²) in [5, 5.41) is -0.638. The summed E-state index contributed by atoms with van der Waals surface area (Å²) < 4.78 is 23.0. The maximum Gasteiger partial charge on any atom is 0.157 e. The third-order valence-corrected chi connectivity index (χ3v) is 4.37. The molecule has 0 amide bonds. The van der Waals surface area contributed by atoms with E-state index in [4.69, 9.17) is 5.73 Å². The first-order valence-electron chi connectivity index (χ1n) is 5.30. The minimum absolute atomic E-state index is 0.384. The highest BCUT2D eigenvalue weighted by Crippen LogP contribution is 2.23. The van der Waals surface area contributed by atoms with Gasteiger partial charge in [0.25, 0.3) is 0 Å². The molecular formula is C11H15N3O2S. The molecule has 0 fully saturated rings. The van der Waals surface area contributed by atoms with Crippen molar-refractivity contribution in [3.05, 3.63) is 29.6 Å². The van der Waals surface area contributed by atoms with Crippen LogP contribution < -0.4 is 5.73 Å². The van der Waals surface area contributed by atoms with Gasteiger partial charge in [0, 0.05) is 12.8 Å². The van der Waals surface area contributed by atoms with Gasteiger partial charge in [0.2, 0.25) is 0 Å². The molecule has 1 unspecified atom stereocenters. The highest BCUT2D eigenvalue weighted by molar-refractivity contribution is 7.90. The molecule has 0 saturated heterocycles. The summed E-state index contributed by atoms with van der Waals surface area (Å²) in [5.74, 6) is 0.461. The Morgan fingerprint density at radius 1 is 1.47 bits per heavy atom. The molecule has 1 heterocycles. The summed E-state index contributed by atoms with van der Waals surface area (Å²) in [7, 11) is -3.15. The Morgan fingerprint density at radius 3 is 2.76 bits per heavy atom. The zero-order valence-corrected chi connectivity index (χ0v) is 10.6. The van der Waals surface area contributed by atoms with Crippen LogP contribution in [0.25, 0.3) is 11.0 Å². The fourth-order valence-electron chi connectivity index (χ4n) is 1.67. The Hall–Kier alpha value is -1.40. The van der Waals surface area contributed by atoms with Crippen molar-refractivity contribution in [1.82, 2.24) is 9.97 Å². The highest BCUT2D eigenvalue weighted by atomic mass is 32.2. The van der Waals surface area contributed by atoms with Crippen molar-refractivity contribution < 1.29 is 8.42 Å². The number of H-pyrrole nitrogens is 1. The van der Waals surface area contributed by atoms with Gasteiger partial charge in [-0.1, -0.05) is 12.1 Å². The van der Waals surface area contributed by atoms with E-state index >= 15 is 0 Å². The molecule has 2 aromatic rings. The van der Waals surface area contributed by atoms with Crippen molar-refractivity contribution in [3.63, 3.8) is 0 Å². The average Bonchev–Trinajstić information content (AvgIpc) is 2.69. The van der Waals surface area contributed by atoms with Crippen molar-refractivity contribution in [2.75, 3.05) is 6.26 Å². The summed E-state index contributed by atoms with van der Waals surface area (Å²) in [6.45, 7) is 2.00. The van der Waals surface area contributed by atoms with Crippen LogP contribution in [0.15, 0.2) is 18.2 Å². The Balaban J connectivity index is 2.59. The van der Waals surface area contributed by atoms with Crippen LogP contribution in [0.2, 0.25) is 0 Å². The molecule has 5 nitrogen and oxygen atoms in total. The third-order valence-electron chi connectivity index (χ3n) is 2.86. The molecule has 0 aliphatic heterocycles. The van der Waals surface area contributed by atoms with E-state index in [1.807, 2.05) is 18.2 Å². The van der Waals surface area contributed by atoms with Gasteiger partial charge in [-0.3, -0.25) is 0 Å². The maximum atomic E-state index is 11.5. The zero-order chi connectivity index (χ0) is 12.6. The van der Waals surface area contributed by atoms with Gasteiger partial charge >= 0.3 is 0 Å². The minimum Gasteiger partial charge on any atom is -0.341 e. The van der Waals surface area contributed by atoms with Gasteiger partial charge in [-0.2, -0.15) is 0 Å². The van der Waals surface area contributed by atoms with E-state index in [0.717, 1.165) is 16.6 Å². The first-order valence-corrected chi connectivity index (χ1v) is 7.25. The maximum absolute atomic E-state index is 11.5. The lowest BCUT2D eigenvalue weighted by molar-refractivity contribution is 0.590. The summed E-state index contributed by atoms with van der Waals surface area (Å²) in [4.78, 5) is 7.37. The Labute approximate surface area is 100.0 Å². The van der Waals surface area contributed by atoms with Crippen molar-refractivity contribution in [2.45, 2.75) is 18.7 Å². The van der Waals surface area contributed by atoms with E-state index in [1.165, 1.54) is 6.26 Å². The topological polar surface area (TPSA) is 88.8 Å². The molecule has 3 N–H and O–H groups in total. The normalized spacial score (nSPS) is 14.1. The number of nitrogens with two attached hydrogens (primary N) is 1.